The summed E-state index contributed by atoms with van der Waals surface area (Å²) in [6, 6.07) is 6.21. The molecule has 0 atom stereocenters. The molecular weight excluding hydrogens is 294 g/mol. The average molecular weight is 316 g/mol. The second-order valence-electron chi connectivity index (χ2n) is 4.14. The first-order valence-electron chi connectivity index (χ1n) is 6.38. The van der Waals surface area contributed by atoms with Crippen molar-refractivity contribution in [3.05, 3.63) is 28.2 Å². The van der Waals surface area contributed by atoms with Gasteiger partial charge in [0.25, 0.3) is 0 Å². The molecule has 0 aromatic heterocycles. The van der Waals surface area contributed by atoms with Crippen LogP contribution in [0.1, 0.15) is 25.3 Å². The summed E-state index contributed by atoms with van der Waals surface area (Å²) in [5.41, 5.74) is 1.24. The van der Waals surface area contributed by atoms with E-state index >= 15 is 0 Å². The lowest BCUT2D eigenvalue weighted by molar-refractivity contribution is 0.199. The van der Waals surface area contributed by atoms with E-state index in [4.69, 9.17) is 9.47 Å². The first kappa shape index (κ1) is 15.5. The molecule has 0 unspecified atom stereocenters. The molecule has 0 aliphatic carbocycles. The number of rotatable bonds is 9. The van der Waals surface area contributed by atoms with Crippen molar-refractivity contribution in [2.24, 2.45) is 0 Å². The molecule has 3 nitrogen and oxygen atoms in total. The van der Waals surface area contributed by atoms with Crippen molar-refractivity contribution in [3.63, 3.8) is 0 Å². The summed E-state index contributed by atoms with van der Waals surface area (Å²) in [4.78, 5) is 0. The fourth-order valence-electron chi connectivity index (χ4n) is 1.50. The molecule has 0 fully saturated rings. The van der Waals surface area contributed by atoms with Crippen LogP contribution in [-0.4, -0.2) is 26.9 Å². The Bertz CT molecular complexity index is 345. The maximum Gasteiger partial charge on any atom is 0.133 e. The predicted molar refractivity (Wildman–Crippen MR) is 78.1 cm³/mol. The zero-order valence-corrected chi connectivity index (χ0v) is 12.8. The highest BCUT2D eigenvalue weighted by Crippen LogP contribution is 2.26. The second kappa shape index (κ2) is 9.36. The van der Waals surface area contributed by atoms with Gasteiger partial charge in [0.05, 0.1) is 17.7 Å². The first-order valence-corrected chi connectivity index (χ1v) is 7.18. The normalized spacial score (nSPS) is 10.6. The third-order valence-corrected chi connectivity index (χ3v) is 3.18. The van der Waals surface area contributed by atoms with Crippen LogP contribution in [0, 0.1) is 0 Å². The molecule has 1 aromatic carbocycles. The Morgan fingerprint density at radius 3 is 2.78 bits per heavy atom. The van der Waals surface area contributed by atoms with Crippen molar-refractivity contribution in [1.82, 2.24) is 5.32 Å². The Hall–Kier alpha value is -0.580. The van der Waals surface area contributed by atoms with Gasteiger partial charge in [0, 0.05) is 20.2 Å². The Balaban J connectivity index is 2.41. The Morgan fingerprint density at radius 2 is 2.11 bits per heavy atom. The summed E-state index contributed by atoms with van der Waals surface area (Å²) in [5.74, 6) is 0.920. The van der Waals surface area contributed by atoms with Crippen molar-refractivity contribution in [2.75, 3.05) is 26.9 Å². The van der Waals surface area contributed by atoms with E-state index in [1.165, 1.54) is 5.56 Å². The minimum absolute atomic E-state index is 0.735. The summed E-state index contributed by atoms with van der Waals surface area (Å²) < 4.78 is 11.7. The van der Waals surface area contributed by atoms with Crippen LogP contribution in [0.15, 0.2) is 22.7 Å². The molecule has 0 aliphatic heterocycles. The topological polar surface area (TPSA) is 30.5 Å². The largest absolute Gasteiger partial charge is 0.492 e. The van der Waals surface area contributed by atoms with E-state index in [9.17, 15) is 0 Å². The SMILES string of the molecule is CCCCOc1ccc(CNCCOC)cc1Br. The summed E-state index contributed by atoms with van der Waals surface area (Å²) in [5, 5.41) is 3.31. The van der Waals surface area contributed by atoms with Gasteiger partial charge in [-0.2, -0.15) is 0 Å². The molecule has 1 N–H and O–H groups in total. The summed E-state index contributed by atoms with van der Waals surface area (Å²) >= 11 is 3.54. The molecule has 0 radical (unpaired) electrons. The third-order valence-electron chi connectivity index (χ3n) is 2.56. The first-order chi connectivity index (χ1) is 8.77. The number of unbranched alkanes of at least 4 members (excludes halogenated alkanes) is 1. The van der Waals surface area contributed by atoms with Gasteiger partial charge in [-0.15, -0.1) is 0 Å². The van der Waals surface area contributed by atoms with E-state index in [1.54, 1.807) is 7.11 Å². The summed E-state index contributed by atoms with van der Waals surface area (Å²) in [7, 11) is 1.71. The molecule has 0 bridgehead atoms. The monoisotopic (exact) mass is 315 g/mol. The molecule has 1 aromatic rings. The predicted octanol–water partition coefficient (Wildman–Crippen LogP) is 3.36. The number of ether oxygens (including phenoxy) is 2. The molecule has 0 heterocycles. The number of hydrogen-bond acceptors (Lipinski definition) is 3. The highest BCUT2D eigenvalue weighted by Gasteiger charge is 2.02. The van der Waals surface area contributed by atoms with Gasteiger partial charge in [-0.1, -0.05) is 19.4 Å². The molecule has 0 spiro atoms. The molecule has 18 heavy (non-hydrogen) atoms. The Labute approximate surface area is 118 Å². The van der Waals surface area contributed by atoms with Crippen LogP contribution in [0.2, 0.25) is 0 Å². The van der Waals surface area contributed by atoms with E-state index in [-0.39, 0.29) is 0 Å². The minimum atomic E-state index is 0.735. The number of halogens is 1. The zero-order chi connectivity index (χ0) is 13.2. The van der Waals surface area contributed by atoms with Crippen LogP contribution >= 0.6 is 15.9 Å². The standard InChI is InChI=1S/C14H22BrNO2/c1-3-4-8-18-14-6-5-12(10-13(14)15)11-16-7-9-17-2/h5-6,10,16H,3-4,7-9,11H2,1-2H3. The van der Waals surface area contributed by atoms with Gasteiger partial charge in [0.2, 0.25) is 0 Å². The van der Waals surface area contributed by atoms with E-state index in [1.807, 2.05) is 6.07 Å². The van der Waals surface area contributed by atoms with Gasteiger partial charge >= 0.3 is 0 Å². The molecule has 1 rings (SSSR count). The fraction of sp³-hybridized carbons (Fsp3) is 0.571. The smallest absolute Gasteiger partial charge is 0.133 e. The molecular formula is C14H22BrNO2. The van der Waals surface area contributed by atoms with E-state index in [0.717, 1.165) is 49.4 Å². The quantitative estimate of drug-likeness (QED) is 0.709. The van der Waals surface area contributed by atoms with Gasteiger partial charge < -0.3 is 14.8 Å². The maximum absolute atomic E-state index is 5.69. The van der Waals surface area contributed by atoms with Gasteiger partial charge in [-0.05, 0) is 40.0 Å². The number of methoxy groups -OCH3 is 1. The second-order valence-corrected chi connectivity index (χ2v) is 4.99. The van der Waals surface area contributed by atoms with Crippen molar-refractivity contribution in [3.8, 4) is 5.75 Å². The van der Waals surface area contributed by atoms with Crippen LogP contribution in [0.3, 0.4) is 0 Å². The van der Waals surface area contributed by atoms with E-state index < -0.39 is 0 Å². The van der Waals surface area contributed by atoms with Gasteiger partial charge in [0.1, 0.15) is 5.75 Å². The number of nitrogens with one attached hydrogen (secondary N) is 1. The van der Waals surface area contributed by atoms with Gasteiger partial charge in [-0.3, -0.25) is 0 Å². The molecule has 0 saturated carbocycles. The number of benzene rings is 1. The van der Waals surface area contributed by atoms with E-state index in [2.05, 4.69) is 40.3 Å². The van der Waals surface area contributed by atoms with Crippen molar-refractivity contribution < 1.29 is 9.47 Å². The minimum Gasteiger partial charge on any atom is -0.492 e. The highest BCUT2D eigenvalue weighted by molar-refractivity contribution is 9.10. The molecule has 0 amide bonds. The lowest BCUT2D eigenvalue weighted by atomic mass is 10.2. The van der Waals surface area contributed by atoms with Crippen LogP contribution in [-0.2, 0) is 11.3 Å². The summed E-state index contributed by atoms with van der Waals surface area (Å²) in [6.07, 6.45) is 2.24. The number of hydrogen-bond donors (Lipinski definition) is 1. The summed E-state index contributed by atoms with van der Waals surface area (Å²) in [6.45, 7) is 5.38. The maximum atomic E-state index is 5.69. The average Bonchev–Trinajstić information content (AvgIpc) is 2.37. The highest BCUT2D eigenvalue weighted by atomic mass is 79.9. The molecule has 0 saturated heterocycles. The Kier molecular flexibility index (Phi) is 8.05. The van der Waals surface area contributed by atoms with Crippen molar-refractivity contribution in [1.29, 1.82) is 0 Å². The van der Waals surface area contributed by atoms with Crippen molar-refractivity contribution in [2.45, 2.75) is 26.3 Å². The fourth-order valence-corrected chi connectivity index (χ4v) is 2.05. The van der Waals surface area contributed by atoms with Gasteiger partial charge in [-0.25, -0.2) is 0 Å². The van der Waals surface area contributed by atoms with Crippen LogP contribution in [0.4, 0.5) is 0 Å². The van der Waals surface area contributed by atoms with Crippen molar-refractivity contribution >= 4 is 15.9 Å². The Morgan fingerprint density at radius 1 is 1.28 bits per heavy atom. The van der Waals surface area contributed by atoms with Crippen LogP contribution in [0.5, 0.6) is 5.75 Å². The lowest BCUT2D eigenvalue weighted by Crippen LogP contribution is -2.18. The molecule has 4 heteroatoms. The van der Waals surface area contributed by atoms with E-state index in [0.29, 0.717) is 0 Å². The lowest BCUT2D eigenvalue weighted by Gasteiger charge is -2.10. The molecule has 0 aliphatic rings. The zero-order valence-electron chi connectivity index (χ0n) is 11.2. The van der Waals surface area contributed by atoms with Crippen LogP contribution < -0.4 is 10.1 Å². The van der Waals surface area contributed by atoms with Crippen LogP contribution in [0.25, 0.3) is 0 Å². The third kappa shape index (κ3) is 5.85. The molecule has 102 valence electrons. The van der Waals surface area contributed by atoms with Gasteiger partial charge in [0.15, 0.2) is 0 Å².